The average molecular weight is 489 g/mol. The lowest BCUT2D eigenvalue weighted by Crippen LogP contribution is -2.36. The van der Waals surface area contributed by atoms with Crippen LogP contribution in [0.25, 0.3) is 0 Å². The first-order valence-corrected chi connectivity index (χ1v) is 8.09. The first-order chi connectivity index (χ1) is 11.3. The SMILES string of the molecule is CN=C(NCc1cc(C(C)C)no1)NCc1nc(C(F)(F)F)cs1.I. The highest BCUT2D eigenvalue weighted by atomic mass is 127. The van der Waals surface area contributed by atoms with Crippen molar-refractivity contribution >= 4 is 41.3 Å². The number of aromatic nitrogens is 2. The van der Waals surface area contributed by atoms with Crippen LogP contribution < -0.4 is 10.6 Å². The Morgan fingerprint density at radius 1 is 1.32 bits per heavy atom. The second kappa shape index (κ2) is 9.36. The van der Waals surface area contributed by atoms with Gasteiger partial charge in [-0.3, -0.25) is 4.99 Å². The summed E-state index contributed by atoms with van der Waals surface area (Å²) in [5.74, 6) is 1.35. The Hall–Kier alpha value is -1.37. The van der Waals surface area contributed by atoms with Crippen LogP contribution in [0.5, 0.6) is 0 Å². The van der Waals surface area contributed by atoms with Crippen LogP contribution >= 0.6 is 35.3 Å². The Morgan fingerprint density at radius 3 is 2.52 bits per heavy atom. The molecule has 2 aromatic rings. The third-order valence-corrected chi connectivity index (χ3v) is 3.92. The van der Waals surface area contributed by atoms with Crippen molar-refractivity contribution in [3.05, 3.63) is 33.6 Å². The van der Waals surface area contributed by atoms with Gasteiger partial charge in [-0.2, -0.15) is 13.2 Å². The fraction of sp³-hybridized carbons (Fsp3) is 0.500. The quantitative estimate of drug-likeness (QED) is 0.380. The molecular weight excluding hydrogens is 470 g/mol. The van der Waals surface area contributed by atoms with Gasteiger partial charge in [0.25, 0.3) is 0 Å². The summed E-state index contributed by atoms with van der Waals surface area (Å²) < 4.78 is 42.7. The summed E-state index contributed by atoms with van der Waals surface area (Å²) in [7, 11) is 1.57. The number of hydrogen-bond donors (Lipinski definition) is 2. The van der Waals surface area contributed by atoms with Gasteiger partial charge in [-0.1, -0.05) is 19.0 Å². The maximum absolute atomic E-state index is 12.5. The van der Waals surface area contributed by atoms with Crippen LogP contribution in [-0.2, 0) is 19.3 Å². The van der Waals surface area contributed by atoms with E-state index in [1.54, 1.807) is 7.05 Å². The van der Waals surface area contributed by atoms with E-state index in [0.717, 1.165) is 22.4 Å². The Balaban J connectivity index is 0.00000312. The number of halogens is 4. The van der Waals surface area contributed by atoms with Crippen molar-refractivity contribution in [2.75, 3.05) is 7.05 Å². The van der Waals surface area contributed by atoms with Crippen LogP contribution in [-0.4, -0.2) is 23.1 Å². The predicted molar refractivity (Wildman–Crippen MR) is 100 cm³/mol. The van der Waals surface area contributed by atoms with Crippen molar-refractivity contribution in [1.82, 2.24) is 20.8 Å². The van der Waals surface area contributed by atoms with Crippen LogP contribution in [0.2, 0.25) is 0 Å². The van der Waals surface area contributed by atoms with Gasteiger partial charge in [-0.25, -0.2) is 4.98 Å². The highest BCUT2D eigenvalue weighted by Gasteiger charge is 2.33. The largest absolute Gasteiger partial charge is 0.434 e. The highest BCUT2D eigenvalue weighted by Crippen LogP contribution is 2.29. The monoisotopic (exact) mass is 489 g/mol. The molecule has 0 aliphatic rings. The predicted octanol–water partition coefficient (Wildman–Crippen LogP) is 3.76. The van der Waals surface area contributed by atoms with Gasteiger partial charge in [-0.05, 0) is 5.92 Å². The van der Waals surface area contributed by atoms with E-state index in [-0.39, 0.29) is 36.4 Å². The molecule has 0 radical (unpaired) electrons. The summed E-state index contributed by atoms with van der Waals surface area (Å²) in [6, 6.07) is 1.85. The van der Waals surface area contributed by atoms with Crippen molar-refractivity contribution in [2.45, 2.75) is 39.0 Å². The Bertz CT molecular complexity index is 699. The molecule has 11 heteroatoms. The minimum absolute atomic E-state index is 0. The molecule has 2 N–H and O–H groups in total. The summed E-state index contributed by atoms with van der Waals surface area (Å²) in [6.07, 6.45) is -4.42. The van der Waals surface area contributed by atoms with E-state index in [2.05, 4.69) is 25.8 Å². The molecule has 0 saturated carbocycles. The highest BCUT2D eigenvalue weighted by molar-refractivity contribution is 14.0. The first kappa shape index (κ1) is 21.7. The number of thiazole rings is 1. The normalized spacial score (nSPS) is 12.2. The number of nitrogens with one attached hydrogen (secondary N) is 2. The van der Waals surface area contributed by atoms with Gasteiger partial charge in [0.15, 0.2) is 17.4 Å². The van der Waals surface area contributed by atoms with Gasteiger partial charge < -0.3 is 15.2 Å². The number of aliphatic imine (C=N–C) groups is 1. The smallest absolute Gasteiger partial charge is 0.359 e. The molecule has 0 bridgehead atoms. The number of guanidine groups is 1. The number of rotatable bonds is 5. The van der Waals surface area contributed by atoms with E-state index < -0.39 is 11.9 Å². The molecule has 2 rings (SSSR count). The lowest BCUT2D eigenvalue weighted by Gasteiger charge is -2.09. The summed E-state index contributed by atoms with van der Waals surface area (Å²) in [5.41, 5.74) is -0.0210. The second-order valence-electron chi connectivity index (χ2n) is 5.28. The van der Waals surface area contributed by atoms with Crippen LogP contribution in [0, 0.1) is 0 Å². The lowest BCUT2D eigenvalue weighted by atomic mass is 10.1. The standard InChI is InChI=1S/C14H18F3N5OS.HI/c1-8(2)10-4-9(23-22-10)5-19-13(18-3)20-6-12-21-11(7-24-12)14(15,16)17;/h4,7-8H,5-6H2,1-3H3,(H2,18,19,20);1H. The second-order valence-corrected chi connectivity index (χ2v) is 6.22. The molecule has 0 atom stereocenters. The molecule has 0 unspecified atom stereocenters. The van der Waals surface area contributed by atoms with E-state index in [9.17, 15) is 13.2 Å². The lowest BCUT2D eigenvalue weighted by molar-refractivity contribution is -0.140. The Morgan fingerprint density at radius 2 is 2.00 bits per heavy atom. The third-order valence-electron chi connectivity index (χ3n) is 3.07. The molecule has 0 aromatic carbocycles. The van der Waals surface area contributed by atoms with Crippen LogP contribution in [0.3, 0.4) is 0 Å². The topological polar surface area (TPSA) is 75.3 Å². The molecule has 0 aliphatic carbocycles. The van der Waals surface area contributed by atoms with Crippen LogP contribution in [0.1, 0.15) is 41.9 Å². The van der Waals surface area contributed by atoms with Gasteiger partial charge in [0.05, 0.1) is 18.8 Å². The molecule has 25 heavy (non-hydrogen) atoms. The van der Waals surface area contributed by atoms with Crippen molar-refractivity contribution in [3.63, 3.8) is 0 Å². The molecule has 140 valence electrons. The first-order valence-electron chi connectivity index (χ1n) is 7.21. The Kier molecular flexibility index (Phi) is 8.12. The van der Waals surface area contributed by atoms with Gasteiger partial charge in [0.1, 0.15) is 5.01 Å². The van der Waals surface area contributed by atoms with Crippen molar-refractivity contribution in [2.24, 2.45) is 4.99 Å². The van der Waals surface area contributed by atoms with Crippen LogP contribution in [0.15, 0.2) is 21.0 Å². The van der Waals surface area contributed by atoms with Crippen molar-refractivity contribution < 1.29 is 17.7 Å². The van der Waals surface area contributed by atoms with Gasteiger partial charge in [0.2, 0.25) is 0 Å². The molecule has 2 heterocycles. The minimum Gasteiger partial charge on any atom is -0.359 e. The molecule has 0 saturated heterocycles. The molecular formula is C14H19F3IN5OS. The Labute approximate surface area is 164 Å². The maximum Gasteiger partial charge on any atom is 0.434 e. The molecule has 0 aliphatic heterocycles. The fourth-order valence-electron chi connectivity index (χ4n) is 1.76. The van der Waals surface area contributed by atoms with Crippen molar-refractivity contribution in [1.29, 1.82) is 0 Å². The number of alkyl halides is 3. The van der Waals surface area contributed by atoms with E-state index in [4.69, 9.17) is 4.52 Å². The molecule has 6 nitrogen and oxygen atoms in total. The molecule has 0 amide bonds. The number of nitrogens with zero attached hydrogens (tertiary/aromatic N) is 3. The van der Waals surface area contributed by atoms with E-state index in [1.165, 1.54) is 0 Å². The maximum atomic E-state index is 12.5. The third kappa shape index (κ3) is 6.45. The summed E-state index contributed by atoms with van der Waals surface area (Å²) in [5, 5.41) is 11.2. The fourth-order valence-corrected chi connectivity index (χ4v) is 2.50. The van der Waals surface area contributed by atoms with Gasteiger partial charge in [-0.15, -0.1) is 35.3 Å². The molecule has 2 aromatic heterocycles. The average Bonchev–Trinajstić information content (AvgIpc) is 3.16. The van der Waals surface area contributed by atoms with Crippen LogP contribution in [0.4, 0.5) is 13.2 Å². The van der Waals surface area contributed by atoms with Gasteiger partial charge in [0, 0.05) is 18.5 Å². The zero-order valence-corrected chi connectivity index (χ0v) is 17.0. The number of hydrogen-bond acceptors (Lipinski definition) is 5. The van der Waals surface area contributed by atoms with E-state index in [0.29, 0.717) is 23.3 Å². The minimum atomic E-state index is -4.42. The molecule has 0 fully saturated rings. The van der Waals surface area contributed by atoms with E-state index >= 15 is 0 Å². The van der Waals surface area contributed by atoms with Crippen molar-refractivity contribution in [3.8, 4) is 0 Å². The summed E-state index contributed by atoms with van der Waals surface area (Å²) >= 11 is 0.945. The summed E-state index contributed by atoms with van der Waals surface area (Å²) in [6.45, 7) is 4.54. The zero-order valence-electron chi connectivity index (χ0n) is 13.8. The van der Waals surface area contributed by atoms with Gasteiger partial charge >= 0.3 is 6.18 Å². The van der Waals surface area contributed by atoms with E-state index in [1.807, 2.05) is 19.9 Å². The zero-order chi connectivity index (χ0) is 17.7. The summed E-state index contributed by atoms with van der Waals surface area (Å²) in [4.78, 5) is 7.55. The molecule has 0 spiro atoms.